The van der Waals surface area contributed by atoms with Gasteiger partial charge in [-0.3, -0.25) is 9.78 Å². The van der Waals surface area contributed by atoms with Gasteiger partial charge in [-0.05, 0) is 49.7 Å². The summed E-state index contributed by atoms with van der Waals surface area (Å²) in [6, 6.07) is 13.0. The number of pyridine rings is 1. The fourth-order valence-electron chi connectivity index (χ4n) is 2.36. The van der Waals surface area contributed by atoms with Gasteiger partial charge in [0.25, 0.3) is 5.91 Å². The summed E-state index contributed by atoms with van der Waals surface area (Å²) in [5, 5.41) is 6.14. The van der Waals surface area contributed by atoms with Gasteiger partial charge >= 0.3 is 0 Å². The first kappa shape index (κ1) is 16.6. The number of hydrogen-bond donors (Lipinski definition) is 2. The van der Waals surface area contributed by atoms with Crippen molar-refractivity contribution in [2.75, 3.05) is 10.6 Å². The summed E-state index contributed by atoms with van der Waals surface area (Å²) < 4.78 is 0. The third-order valence-corrected chi connectivity index (χ3v) is 3.75. The van der Waals surface area contributed by atoms with Gasteiger partial charge in [0.2, 0.25) is 5.95 Å². The number of nitrogens with one attached hydrogen (secondary N) is 2. The third-order valence-electron chi connectivity index (χ3n) is 3.75. The molecule has 0 bridgehead atoms. The highest BCUT2D eigenvalue weighted by molar-refractivity contribution is 6.04. The molecule has 0 fully saturated rings. The minimum Gasteiger partial charge on any atom is -0.348 e. The van der Waals surface area contributed by atoms with Gasteiger partial charge in [-0.1, -0.05) is 12.1 Å². The number of carbonyl (C=O) groups is 1. The Kier molecular flexibility index (Phi) is 4.99. The molecule has 2 heterocycles. The van der Waals surface area contributed by atoms with Crippen molar-refractivity contribution in [1.29, 1.82) is 0 Å². The topological polar surface area (TPSA) is 79.8 Å². The molecule has 25 heavy (non-hydrogen) atoms. The van der Waals surface area contributed by atoms with E-state index in [0.29, 0.717) is 11.5 Å². The molecular formula is C19H19N5O. The molecule has 2 N–H and O–H groups in total. The van der Waals surface area contributed by atoms with E-state index in [1.54, 1.807) is 30.7 Å². The van der Waals surface area contributed by atoms with E-state index in [9.17, 15) is 4.79 Å². The van der Waals surface area contributed by atoms with Crippen LogP contribution in [0.4, 0.5) is 11.6 Å². The van der Waals surface area contributed by atoms with Gasteiger partial charge in [0.1, 0.15) is 0 Å². The summed E-state index contributed by atoms with van der Waals surface area (Å²) in [7, 11) is 0. The lowest BCUT2D eigenvalue weighted by Gasteiger charge is -2.15. The number of carbonyl (C=O) groups excluding carboxylic acids is 1. The molecule has 3 rings (SSSR count). The molecule has 6 heteroatoms. The number of amides is 1. The van der Waals surface area contributed by atoms with Crippen molar-refractivity contribution in [2.24, 2.45) is 0 Å². The molecule has 0 aliphatic carbocycles. The van der Waals surface area contributed by atoms with E-state index in [2.05, 4.69) is 25.6 Å². The summed E-state index contributed by atoms with van der Waals surface area (Å²) in [5.41, 5.74) is 3.31. The van der Waals surface area contributed by atoms with Gasteiger partial charge in [-0.25, -0.2) is 9.97 Å². The first-order valence-corrected chi connectivity index (χ1v) is 7.99. The van der Waals surface area contributed by atoms with Gasteiger partial charge in [-0.2, -0.15) is 0 Å². The predicted molar refractivity (Wildman–Crippen MR) is 97.4 cm³/mol. The van der Waals surface area contributed by atoms with E-state index < -0.39 is 0 Å². The van der Waals surface area contributed by atoms with E-state index in [0.717, 1.165) is 16.9 Å². The molecule has 0 saturated carbocycles. The number of aromatic nitrogens is 3. The van der Waals surface area contributed by atoms with Crippen LogP contribution in [0.25, 0.3) is 0 Å². The number of benzene rings is 1. The summed E-state index contributed by atoms with van der Waals surface area (Å²) >= 11 is 0. The Morgan fingerprint density at radius 1 is 1.00 bits per heavy atom. The lowest BCUT2D eigenvalue weighted by atomic mass is 10.1. The van der Waals surface area contributed by atoms with Crippen molar-refractivity contribution < 1.29 is 4.79 Å². The maximum Gasteiger partial charge on any atom is 0.255 e. The van der Waals surface area contributed by atoms with Gasteiger partial charge in [0.05, 0.1) is 6.04 Å². The Hall–Kier alpha value is -3.28. The molecule has 0 radical (unpaired) electrons. The normalized spacial score (nSPS) is 11.6. The molecule has 3 aromatic rings. The van der Waals surface area contributed by atoms with E-state index in [4.69, 9.17) is 0 Å². The monoisotopic (exact) mass is 333 g/mol. The van der Waals surface area contributed by atoms with Gasteiger partial charge in [-0.15, -0.1) is 0 Å². The van der Waals surface area contributed by atoms with Crippen LogP contribution < -0.4 is 10.6 Å². The van der Waals surface area contributed by atoms with E-state index in [1.165, 1.54) is 0 Å². The van der Waals surface area contributed by atoms with E-state index in [1.807, 2.05) is 44.2 Å². The van der Waals surface area contributed by atoms with Crippen molar-refractivity contribution >= 4 is 17.5 Å². The largest absolute Gasteiger partial charge is 0.348 e. The number of rotatable bonds is 5. The second-order valence-corrected chi connectivity index (χ2v) is 5.70. The maximum absolute atomic E-state index is 12.1. The maximum atomic E-state index is 12.1. The van der Waals surface area contributed by atoms with Crippen LogP contribution in [0.5, 0.6) is 0 Å². The first-order chi connectivity index (χ1) is 12.1. The molecule has 6 nitrogen and oxygen atoms in total. The van der Waals surface area contributed by atoms with Crippen LogP contribution in [0.2, 0.25) is 0 Å². The summed E-state index contributed by atoms with van der Waals surface area (Å²) in [6.07, 6.45) is 4.92. The number of aryl methyl sites for hydroxylation is 1. The fourth-order valence-corrected chi connectivity index (χ4v) is 2.36. The second kappa shape index (κ2) is 7.53. The summed E-state index contributed by atoms with van der Waals surface area (Å²) in [4.78, 5) is 24.6. The second-order valence-electron chi connectivity index (χ2n) is 5.70. The average Bonchev–Trinajstić information content (AvgIpc) is 2.63. The van der Waals surface area contributed by atoms with Crippen LogP contribution in [0.3, 0.4) is 0 Å². The number of nitrogens with zero attached hydrogens (tertiary/aromatic N) is 3. The van der Waals surface area contributed by atoms with E-state index >= 15 is 0 Å². The zero-order valence-electron chi connectivity index (χ0n) is 14.1. The molecule has 0 spiro atoms. The first-order valence-electron chi connectivity index (χ1n) is 7.99. The quantitative estimate of drug-likeness (QED) is 0.745. The number of anilines is 2. The Labute approximate surface area is 146 Å². The Balaban J connectivity index is 1.64. The number of hydrogen-bond acceptors (Lipinski definition) is 5. The highest BCUT2D eigenvalue weighted by atomic mass is 16.1. The lowest BCUT2D eigenvalue weighted by Crippen LogP contribution is -2.12. The van der Waals surface area contributed by atoms with Crippen molar-refractivity contribution in [1.82, 2.24) is 15.0 Å². The SMILES string of the molecule is Cc1ccnc(NC(C)c2ccc(NC(=O)c3ccncc3)cc2)n1. The van der Waals surface area contributed by atoms with Crippen LogP contribution >= 0.6 is 0 Å². The Bertz CT molecular complexity index is 849. The molecule has 0 saturated heterocycles. The minimum absolute atomic E-state index is 0.0479. The molecule has 0 aliphatic rings. The highest BCUT2D eigenvalue weighted by Gasteiger charge is 2.09. The lowest BCUT2D eigenvalue weighted by molar-refractivity contribution is 0.102. The smallest absolute Gasteiger partial charge is 0.255 e. The van der Waals surface area contributed by atoms with Crippen LogP contribution in [-0.4, -0.2) is 20.9 Å². The zero-order valence-corrected chi connectivity index (χ0v) is 14.1. The predicted octanol–water partition coefficient (Wildman–Crippen LogP) is 3.61. The van der Waals surface area contributed by atoms with Crippen molar-refractivity contribution in [3.8, 4) is 0 Å². The Morgan fingerprint density at radius 2 is 1.72 bits per heavy atom. The standard InChI is InChI=1S/C19H19N5O/c1-13-7-12-21-19(22-13)23-14(2)15-3-5-17(6-4-15)24-18(25)16-8-10-20-11-9-16/h3-12,14H,1-2H3,(H,24,25)(H,21,22,23). The minimum atomic E-state index is -0.158. The highest BCUT2D eigenvalue weighted by Crippen LogP contribution is 2.19. The summed E-state index contributed by atoms with van der Waals surface area (Å²) in [6.45, 7) is 3.97. The molecule has 1 unspecified atom stereocenters. The third kappa shape index (κ3) is 4.38. The average molecular weight is 333 g/mol. The van der Waals surface area contributed by atoms with Crippen molar-refractivity contribution in [3.05, 3.63) is 77.9 Å². The van der Waals surface area contributed by atoms with Gasteiger partial charge in [0, 0.05) is 35.5 Å². The molecule has 2 aromatic heterocycles. The Morgan fingerprint density at radius 3 is 2.40 bits per heavy atom. The molecule has 1 aromatic carbocycles. The fraction of sp³-hybridized carbons (Fsp3) is 0.158. The van der Waals surface area contributed by atoms with E-state index in [-0.39, 0.29) is 11.9 Å². The van der Waals surface area contributed by atoms with Crippen molar-refractivity contribution in [2.45, 2.75) is 19.9 Å². The molecule has 126 valence electrons. The van der Waals surface area contributed by atoms with Gasteiger partial charge in [0.15, 0.2) is 0 Å². The zero-order chi connectivity index (χ0) is 17.6. The van der Waals surface area contributed by atoms with Crippen LogP contribution in [0, 0.1) is 6.92 Å². The van der Waals surface area contributed by atoms with Crippen LogP contribution in [0.15, 0.2) is 61.1 Å². The van der Waals surface area contributed by atoms with Gasteiger partial charge < -0.3 is 10.6 Å². The van der Waals surface area contributed by atoms with Crippen LogP contribution in [-0.2, 0) is 0 Å². The molecular weight excluding hydrogens is 314 g/mol. The molecule has 0 aliphatic heterocycles. The van der Waals surface area contributed by atoms with Crippen LogP contribution in [0.1, 0.15) is 34.6 Å². The van der Waals surface area contributed by atoms with Crippen molar-refractivity contribution in [3.63, 3.8) is 0 Å². The molecule has 1 atom stereocenters. The molecule has 1 amide bonds. The summed E-state index contributed by atoms with van der Waals surface area (Å²) in [5.74, 6) is 0.442.